The van der Waals surface area contributed by atoms with Gasteiger partial charge in [-0.3, -0.25) is 0 Å². The van der Waals surface area contributed by atoms with Gasteiger partial charge in [0.15, 0.2) is 0 Å². The van der Waals surface area contributed by atoms with E-state index in [1.807, 2.05) is 7.05 Å². The van der Waals surface area contributed by atoms with E-state index >= 15 is 0 Å². The van der Waals surface area contributed by atoms with E-state index in [2.05, 4.69) is 26.1 Å². The fraction of sp³-hybridized carbons (Fsp3) is 1.00. The summed E-state index contributed by atoms with van der Waals surface area (Å²) in [6.45, 7) is 7.79. The first-order valence-corrected chi connectivity index (χ1v) is 5.20. The molecule has 0 aromatic rings. The molecule has 2 heteroatoms. The van der Waals surface area contributed by atoms with Crippen LogP contribution in [0.5, 0.6) is 0 Å². The van der Waals surface area contributed by atoms with Crippen molar-refractivity contribution < 1.29 is 5.11 Å². The molecule has 0 spiro atoms. The second-order valence-electron chi connectivity index (χ2n) is 5.74. The van der Waals surface area contributed by atoms with Crippen molar-refractivity contribution in [1.29, 1.82) is 0 Å². The van der Waals surface area contributed by atoms with Gasteiger partial charge in [0, 0.05) is 6.54 Å². The molecule has 0 aromatic carbocycles. The zero-order valence-electron chi connectivity index (χ0n) is 9.35. The average Bonchev–Trinajstić information content (AvgIpc) is 1.78. The normalized spacial score (nSPS) is 39.0. The zero-order valence-corrected chi connectivity index (χ0v) is 9.35. The molecule has 2 nitrogen and oxygen atoms in total. The predicted molar refractivity (Wildman–Crippen MR) is 55.7 cm³/mol. The number of nitrogens with one attached hydrogen (secondary N) is 1. The lowest BCUT2D eigenvalue weighted by atomic mass is 9.63. The van der Waals surface area contributed by atoms with Crippen molar-refractivity contribution >= 4 is 0 Å². The van der Waals surface area contributed by atoms with Crippen LogP contribution >= 0.6 is 0 Å². The molecular weight excluding hydrogens is 162 g/mol. The maximum atomic E-state index is 9.78. The summed E-state index contributed by atoms with van der Waals surface area (Å²) in [5, 5.41) is 13.0. The van der Waals surface area contributed by atoms with Crippen LogP contribution in [-0.2, 0) is 0 Å². The van der Waals surface area contributed by atoms with Gasteiger partial charge in [0.2, 0.25) is 0 Å². The van der Waals surface area contributed by atoms with Crippen molar-refractivity contribution in [1.82, 2.24) is 5.32 Å². The molecule has 1 fully saturated rings. The minimum absolute atomic E-state index is 0.109. The number of hydrogen-bond acceptors (Lipinski definition) is 2. The minimum atomic E-state index is -0.109. The molecule has 1 aliphatic rings. The van der Waals surface area contributed by atoms with E-state index in [4.69, 9.17) is 0 Å². The highest BCUT2D eigenvalue weighted by Gasteiger charge is 2.39. The second-order valence-corrected chi connectivity index (χ2v) is 5.74. The van der Waals surface area contributed by atoms with Gasteiger partial charge in [-0.15, -0.1) is 0 Å². The van der Waals surface area contributed by atoms with Crippen molar-refractivity contribution in [2.45, 2.75) is 46.1 Å². The van der Waals surface area contributed by atoms with E-state index in [0.29, 0.717) is 5.41 Å². The molecule has 2 unspecified atom stereocenters. The lowest BCUT2D eigenvalue weighted by Gasteiger charge is -2.45. The van der Waals surface area contributed by atoms with Crippen molar-refractivity contribution in [3.05, 3.63) is 0 Å². The highest BCUT2D eigenvalue weighted by molar-refractivity contribution is 4.92. The summed E-state index contributed by atoms with van der Waals surface area (Å²) in [7, 11) is 1.99. The second kappa shape index (κ2) is 3.58. The summed E-state index contributed by atoms with van der Waals surface area (Å²) in [6.07, 6.45) is 2.99. The molecule has 0 bridgehead atoms. The maximum Gasteiger partial charge on any atom is 0.0551 e. The van der Waals surface area contributed by atoms with Crippen LogP contribution in [0.3, 0.4) is 0 Å². The van der Waals surface area contributed by atoms with Gasteiger partial charge in [0.25, 0.3) is 0 Å². The van der Waals surface area contributed by atoms with Gasteiger partial charge in [-0.25, -0.2) is 0 Å². The van der Waals surface area contributed by atoms with Crippen molar-refractivity contribution in [2.75, 3.05) is 13.6 Å². The Morgan fingerprint density at radius 1 is 1.31 bits per heavy atom. The molecule has 0 aromatic heterocycles. The minimum Gasteiger partial charge on any atom is -0.393 e. The molecule has 1 rings (SSSR count). The van der Waals surface area contributed by atoms with E-state index in [-0.39, 0.29) is 11.5 Å². The van der Waals surface area contributed by atoms with E-state index in [1.54, 1.807) is 0 Å². The Kier molecular flexibility index (Phi) is 3.03. The fourth-order valence-electron chi connectivity index (χ4n) is 3.14. The molecule has 2 atom stereocenters. The highest BCUT2D eigenvalue weighted by atomic mass is 16.3. The number of aliphatic hydroxyl groups is 1. The third kappa shape index (κ3) is 2.96. The Morgan fingerprint density at radius 2 is 1.92 bits per heavy atom. The van der Waals surface area contributed by atoms with Crippen molar-refractivity contribution in [3.63, 3.8) is 0 Å². The molecule has 0 radical (unpaired) electrons. The molecule has 2 N–H and O–H groups in total. The Morgan fingerprint density at radius 3 is 2.38 bits per heavy atom. The summed E-state index contributed by atoms with van der Waals surface area (Å²) in [5.41, 5.74) is 0.569. The van der Waals surface area contributed by atoms with Crippen molar-refractivity contribution in [3.8, 4) is 0 Å². The van der Waals surface area contributed by atoms with Crippen LogP contribution in [0.25, 0.3) is 0 Å². The van der Waals surface area contributed by atoms with Crippen LogP contribution in [0.4, 0.5) is 0 Å². The average molecular weight is 185 g/mol. The van der Waals surface area contributed by atoms with Gasteiger partial charge in [-0.2, -0.15) is 0 Å². The Bertz CT molecular complexity index is 179. The first-order valence-electron chi connectivity index (χ1n) is 5.20. The molecule has 0 heterocycles. The molecule has 1 saturated carbocycles. The number of aliphatic hydroxyl groups excluding tert-OH is 1. The number of hydrogen-bond donors (Lipinski definition) is 2. The molecule has 0 saturated heterocycles. The number of rotatable bonds is 2. The highest BCUT2D eigenvalue weighted by Crippen LogP contribution is 2.45. The Balaban J connectivity index is 2.66. The predicted octanol–water partition coefficient (Wildman–Crippen LogP) is 1.78. The topological polar surface area (TPSA) is 32.3 Å². The smallest absolute Gasteiger partial charge is 0.0551 e. The first kappa shape index (κ1) is 11.0. The van der Waals surface area contributed by atoms with Gasteiger partial charge in [0.1, 0.15) is 0 Å². The van der Waals surface area contributed by atoms with Crippen LogP contribution in [0, 0.1) is 10.8 Å². The SMILES string of the molecule is CNCC1(C)CC(O)CC(C)(C)C1. The van der Waals surface area contributed by atoms with Crippen molar-refractivity contribution in [2.24, 2.45) is 10.8 Å². The fourth-order valence-corrected chi connectivity index (χ4v) is 3.14. The van der Waals surface area contributed by atoms with E-state index < -0.39 is 0 Å². The molecule has 78 valence electrons. The molecule has 0 amide bonds. The summed E-state index contributed by atoms with van der Waals surface area (Å²) in [6, 6.07) is 0. The maximum absolute atomic E-state index is 9.78. The van der Waals surface area contributed by atoms with Crippen LogP contribution in [0.1, 0.15) is 40.0 Å². The van der Waals surface area contributed by atoms with Gasteiger partial charge >= 0.3 is 0 Å². The lowest BCUT2D eigenvalue weighted by Crippen LogP contribution is -2.43. The summed E-state index contributed by atoms with van der Waals surface area (Å²) in [4.78, 5) is 0. The van der Waals surface area contributed by atoms with Crippen LogP contribution in [0.2, 0.25) is 0 Å². The summed E-state index contributed by atoms with van der Waals surface area (Å²) < 4.78 is 0. The summed E-state index contributed by atoms with van der Waals surface area (Å²) in [5.74, 6) is 0. The third-order valence-corrected chi connectivity index (χ3v) is 3.03. The Hall–Kier alpha value is -0.0800. The first-order chi connectivity index (χ1) is 5.87. The lowest BCUT2D eigenvalue weighted by molar-refractivity contribution is -0.00790. The molecule has 13 heavy (non-hydrogen) atoms. The van der Waals surface area contributed by atoms with Crippen LogP contribution in [-0.4, -0.2) is 24.8 Å². The zero-order chi connectivity index (χ0) is 10.1. The van der Waals surface area contributed by atoms with Crippen LogP contribution in [0.15, 0.2) is 0 Å². The van der Waals surface area contributed by atoms with Gasteiger partial charge in [0.05, 0.1) is 6.10 Å². The van der Waals surface area contributed by atoms with Gasteiger partial charge in [-0.1, -0.05) is 20.8 Å². The Labute approximate surface area is 81.7 Å². The molecule has 0 aliphatic heterocycles. The molecular formula is C11H23NO. The van der Waals surface area contributed by atoms with E-state index in [9.17, 15) is 5.11 Å². The van der Waals surface area contributed by atoms with Gasteiger partial charge < -0.3 is 10.4 Å². The van der Waals surface area contributed by atoms with E-state index in [0.717, 1.165) is 19.4 Å². The summed E-state index contributed by atoms with van der Waals surface area (Å²) >= 11 is 0. The quantitative estimate of drug-likeness (QED) is 0.687. The monoisotopic (exact) mass is 185 g/mol. The molecule has 1 aliphatic carbocycles. The largest absolute Gasteiger partial charge is 0.393 e. The van der Waals surface area contributed by atoms with Crippen LogP contribution < -0.4 is 5.32 Å². The van der Waals surface area contributed by atoms with E-state index in [1.165, 1.54) is 6.42 Å². The standard InChI is InChI=1S/C11H23NO/c1-10(2)5-9(13)6-11(3,7-10)8-12-4/h9,12-13H,5-8H2,1-4H3. The third-order valence-electron chi connectivity index (χ3n) is 3.03. The van der Waals surface area contributed by atoms with Gasteiger partial charge in [-0.05, 0) is 37.1 Å².